The summed E-state index contributed by atoms with van der Waals surface area (Å²) in [6.07, 6.45) is 0.709. The fraction of sp³-hybridized carbons (Fsp3) is 0.300. The zero-order valence-electron chi connectivity index (χ0n) is 15.2. The maximum absolute atomic E-state index is 13.2. The molecule has 0 aliphatic heterocycles. The molecule has 2 aromatic rings. The first kappa shape index (κ1) is 19.4. The van der Waals surface area contributed by atoms with Crippen LogP contribution < -0.4 is 16.0 Å². The molecule has 0 atom stereocenters. The van der Waals surface area contributed by atoms with Gasteiger partial charge in [0.05, 0.1) is 6.54 Å². The van der Waals surface area contributed by atoms with Gasteiger partial charge in [-0.1, -0.05) is 24.3 Å². The van der Waals surface area contributed by atoms with Crippen LogP contribution >= 0.6 is 0 Å². The number of aliphatic imine (C=N–C) groups is 1. The van der Waals surface area contributed by atoms with Crippen molar-refractivity contribution in [3.63, 3.8) is 0 Å². The van der Waals surface area contributed by atoms with Crippen LogP contribution in [0.1, 0.15) is 25.0 Å². The fourth-order valence-electron chi connectivity index (χ4n) is 2.48. The van der Waals surface area contributed by atoms with E-state index in [2.05, 4.69) is 20.9 Å². The van der Waals surface area contributed by atoms with E-state index >= 15 is 0 Å². The van der Waals surface area contributed by atoms with Gasteiger partial charge in [-0.2, -0.15) is 0 Å². The van der Waals surface area contributed by atoms with Gasteiger partial charge in [0, 0.05) is 25.7 Å². The summed E-state index contributed by atoms with van der Waals surface area (Å²) < 4.78 is 13.2. The molecule has 0 fully saturated rings. The Balaban J connectivity index is 1.92. The second-order valence-electron chi connectivity index (χ2n) is 5.88. The predicted octanol–water partition coefficient (Wildman–Crippen LogP) is 3.08. The molecule has 3 N–H and O–H groups in total. The topological polar surface area (TPSA) is 65.5 Å². The van der Waals surface area contributed by atoms with Crippen LogP contribution in [-0.2, 0) is 17.8 Å². The van der Waals surface area contributed by atoms with Crippen molar-refractivity contribution in [3.8, 4) is 0 Å². The Bertz CT molecular complexity index is 761. The van der Waals surface area contributed by atoms with E-state index in [1.807, 2.05) is 37.3 Å². The number of nitrogens with one attached hydrogen (secondary N) is 3. The van der Waals surface area contributed by atoms with Crippen LogP contribution in [0.4, 0.5) is 10.1 Å². The molecule has 0 saturated carbocycles. The van der Waals surface area contributed by atoms with Gasteiger partial charge in [0.2, 0.25) is 5.91 Å². The van der Waals surface area contributed by atoms with E-state index in [9.17, 15) is 9.18 Å². The molecule has 0 aliphatic carbocycles. The predicted molar refractivity (Wildman–Crippen MR) is 104 cm³/mol. The van der Waals surface area contributed by atoms with E-state index in [0.29, 0.717) is 25.5 Å². The number of hydrogen-bond donors (Lipinski definition) is 3. The Kier molecular flexibility index (Phi) is 7.61. The number of halogens is 1. The minimum Gasteiger partial charge on any atom is -0.357 e. The van der Waals surface area contributed by atoms with Crippen molar-refractivity contribution in [2.45, 2.75) is 26.8 Å². The first-order valence-corrected chi connectivity index (χ1v) is 8.70. The number of guanidine groups is 1. The highest BCUT2D eigenvalue weighted by Gasteiger charge is 2.01. The first-order chi connectivity index (χ1) is 12.6. The Morgan fingerprint density at radius 1 is 1.08 bits per heavy atom. The summed E-state index contributed by atoms with van der Waals surface area (Å²) >= 11 is 0. The number of nitrogens with zero attached hydrogens (tertiary/aromatic N) is 1. The summed E-state index contributed by atoms with van der Waals surface area (Å²) in [5.74, 6) is 0.383. The van der Waals surface area contributed by atoms with Crippen LogP contribution in [0.25, 0.3) is 0 Å². The third-order valence-electron chi connectivity index (χ3n) is 3.61. The Hall–Kier alpha value is -2.89. The maximum Gasteiger partial charge on any atom is 0.221 e. The normalized spacial score (nSPS) is 11.1. The lowest BCUT2D eigenvalue weighted by Gasteiger charge is -2.11. The molecule has 0 bridgehead atoms. The van der Waals surface area contributed by atoms with Crippen molar-refractivity contribution in [1.29, 1.82) is 0 Å². The molecule has 0 radical (unpaired) electrons. The molecular weight excluding hydrogens is 331 g/mol. The SMILES string of the molecule is CCNC(=NCc1cccc(NC(C)=O)c1)NCCc1cccc(F)c1. The van der Waals surface area contributed by atoms with Gasteiger partial charge in [-0.05, 0) is 48.7 Å². The molecule has 2 aromatic carbocycles. The van der Waals surface area contributed by atoms with E-state index in [-0.39, 0.29) is 11.7 Å². The van der Waals surface area contributed by atoms with Gasteiger partial charge in [0.25, 0.3) is 0 Å². The number of rotatable bonds is 7. The molecule has 0 saturated heterocycles. The molecule has 5 nitrogen and oxygen atoms in total. The Morgan fingerprint density at radius 3 is 2.58 bits per heavy atom. The summed E-state index contributed by atoms with van der Waals surface area (Å²) in [6.45, 7) is 5.37. The standard InChI is InChI=1S/C20H25FN4O/c1-3-22-20(23-11-10-16-6-4-8-18(21)12-16)24-14-17-7-5-9-19(13-17)25-15(2)26/h4-9,12-13H,3,10-11,14H2,1-2H3,(H,25,26)(H2,22,23,24). The average molecular weight is 356 g/mol. The molecule has 138 valence electrons. The third kappa shape index (κ3) is 6.93. The van der Waals surface area contributed by atoms with Gasteiger partial charge < -0.3 is 16.0 Å². The molecule has 0 heterocycles. The molecule has 0 spiro atoms. The van der Waals surface area contributed by atoms with Crippen LogP contribution in [0.15, 0.2) is 53.5 Å². The number of hydrogen-bond acceptors (Lipinski definition) is 2. The van der Waals surface area contributed by atoms with E-state index < -0.39 is 0 Å². The zero-order chi connectivity index (χ0) is 18.8. The van der Waals surface area contributed by atoms with Crippen molar-refractivity contribution in [2.75, 3.05) is 18.4 Å². The maximum atomic E-state index is 13.2. The Morgan fingerprint density at radius 2 is 1.85 bits per heavy atom. The first-order valence-electron chi connectivity index (χ1n) is 8.70. The minimum absolute atomic E-state index is 0.0991. The van der Waals surface area contributed by atoms with Gasteiger partial charge in [0.1, 0.15) is 5.82 Å². The largest absolute Gasteiger partial charge is 0.357 e. The van der Waals surface area contributed by atoms with Gasteiger partial charge in [-0.15, -0.1) is 0 Å². The summed E-state index contributed by atoms with van der Waals surface area (Å²) in [7, 11) is 0. The number of anilines is 1. The van der Waals surface area contributed by atoms with E-state index in [1.165, 1.54) is 13.0 Å². The summed E-state index contributed by atoms with van der Waals surface area (Å²) in [5, 5.41) is 9.21. The molecule has 1 amide bonds. The summed E-state index contributed by atoms with van der Waals surface area (Å²) in [6, 6.07) is 14.2. The van der Waals surface area contributed by atoms with Crippen LogP contribution in [0.2, 0.25) is 0 Å². The molecule has 26 heavy (non-hydrogen) atoms. The molecular formula is C20H25FN4O. The number of benzene rings is 2. The monoisotopic (exact) mass is 356 g/mol. The van der Waals surface area contributed by atoms with E-state index in [1.54, 1.807) is 12.1 Å². The average Bonchev–Trinajstić information content (AvgIpc) is 2.59. The van der Waals surface area contributed by atoms with Gasteiger partial charge in [0.15, 0.2) is 5.96 Å². The lowest BCUT2D eigenvalue weighted by molar-refractivity contribution is -0.114. The quantitative estimate of drug-likeness (QED) is 0.528. The molecule has 0 aromatic heterocycles. The van der Waals surface area contributed by atoms with Gasteiger partial charge >= 0.3 is 0 Å². The smallest absolute Gasteiger partial charge is 0.221 e. The van der Waals surface area contributed by atoms with Gasteiger partial charge in [-0.25, -0.2) is 9.38 Å². The van der Waals surface area contributed by atoms with Crippen molar-refractivity contribution < 1.29 is 9.18 Å². The molecule has 0 aliphatic rings. The van der Waals surface area contributed by atoms with Crippen molar-refractivity contribution >= 4 is 17.6 Å². The molecule has 6 heteroatoms. The third-order valence-corrected chi connectivity index (χ3v) is 3.61. The number of amides is 1. The zero-order valence-corrected chi connectivity index (χ0v) is 15.2. The Labute approximate surface area is 153 Å². The van der Waals surface area contributed by atoms with Crippen molar-refractivity contribution in [3.05, 3.63) is 65.5 Å². The molecule has 0 unspecified atom stereocenters. The van der Waals surface area contributed by atoms with E-state index in [0.717, 1.165) is 23.4 Å². The van der Waals surface area contributed by atoms with Crippen LogP contribution in [-0.4, -0.2) is 25.0 Å². The highest BCUT2D eigenvalue weighted by Crippen LogP contribution is 2.11. The van der Waals surface area contributed by atoms with Crippen molar-refractivity contribution in [2.24, 2.45) is 4.99 Å². The lowest BCUT2D eigenvalue weighted by Crippen LogP contribution is -2.38. The van der Waals surface area contributed by atoms with Crippen molar-refractivity contribution in [1.82, 2.24) is 10.6 Å². The lowest BCUT2D eigenvalue weighted by atomic mass is 10.1. The number of carbonyl (C=O) groups is 1. The van der Waals surface area contributed by atoms with Crippen LogP contribution in [0, 0.1) is 5.82 Å². The molecule has 2 rings (SSSR count). The van der Waals surface area contributed by atoms with Gasteiger partial charge in [-0.3, -0.25) is 4.79 Å². The van der Waals surface area contributed by atoms with Crippen LogP contribution in [0.5, 0.6) is 0 Å². The summed E-state index contributed by atoms with van der Waals surface area (Å²) in [5.41, 5.74) is 2.70. The second-order valence-corrected chi connectivity index (χ2v) is 5.88. The second kappa shape index (κ2) is 10.2. The number of carbonyl (C=O) groups excluding carboxylic acids is 1. The highest BCUT2D eigenvalue weighted by atomic mass is 19.1. The van der Waals surface area contributed by atoms with E-state index in [4.69, 9.17) is 0 Å². The highest BCUT2D eigenvalue weighted by molar-refractivity contribution is 5.88. The summed E-state index contributed by atoms with van der Waals surface area (Å²) in [4.78, 5) is 15.7. The van der Waals surface area contributed by atoms with Crippen LogP contribution in [0.3, 0.4) is 0 Å². The minimum atomic E-state index is -0.220. The fourth-order valence-corrected chi connectivity index (χ4v) is 2.48.